The van der Waals surface area contributed by atoms with Gasteiger partial charge in [-0.05, 0) is 42.2 Å². The highest BCUT2D eigenvalue weighted by molar-refractivity contribution is 5.79. The molecule has 3 aromatic rings. The predicted octanol–water partition coefficient (Wildman–Crippen LogP) is 3.11. The van der Waals surface area contributed by atoms with Gasteiger partial charge in [0.25, 0.3) is 0 Å². The Morgan fingerprint density at radius 3 is 3.00 bits per heavy atom. The second-order valence-corrected chi connectivity index (χ2v) is 7.01. The first-order valence-corrected chi connectivity index (χ1v) is 10.2. The third-order valence-corrected chi connectivity index (χ3v) is 4.99. The second kappa shape index (κ2) is 9.28. The highest BCUT2D eigenvalue weighted by atomic mass is 16.5. The van der Waals surface area contributed by atoms with Gasteiger partial charge in [-0.25, -0.2) is 9.98 Å². The zero-order chi connectivity index (χ0) is 19.9. The van der Waals surface area contributed by atoms with E-state index >= 15 is 0 Å². The molecule has 0 spiro atoms. The van der Waals surface area contributed by atoms with Gasteiger partial charge in [0.2, 0.25) is 0 Å². The van der Waals surface area contributed by atoms with Crippen LogP contribution in [0.4, 0.5) is 0 Å². The first kappa shape index (κ1) is 19.1. The number of rotatable bonds is 7. The molecule has 2 heterocycles. The van der Waals surface area contributed by atoms with Crippen molar-refractivity contribution in [1.29, 1.82) is 0 Å². The lowest BCUT2D eigenvalue weighted by Crippen LogP contribution is -2.38. The molecule has 0 unspecified atom stereocenters. The van der Waals surface area contributed by atoms with E-state index in [9.17, 15) is 0 Å². The Kier molecular flexibility index (Phi) is 6.10. The van der Waals surface area contributed by atoms with Crippen molar-refractivity contribution in [1.82, 2.24) is 20.2 Å². The standard InChI is InChI=1S/C23H27N5O/c1-2-25-23(26-11-9-18-7-8-22-19(15-18)10-14-29-22)27-16-20-5-3-4-6-21(20)28-13-12-24-17-28/h3-8,12-13,15,17H,2,9-11,14,16H2,1H3,(H2,25,26,27). The fourth-order valence-electron chi connectivity index (χ4n) is 3.52. The number of hydrogen-bond acceptors (Lipinski definition) is 3. The van der Waals surface area contributed by atoms with Gasteiger partial charge < -0.3 is 19.9 Å². The highest BCUT2D eigenvalue weighted by Crippen LogP contribution is 2.25. The molecule has 29 heavy (non-hydrogen) atoms. The molecule has 0 atom stereocenters. The van der Waals surface area contributed by atoms with Crippen LogP contribution in [-0.4, -0.2) is 35.2 Å². The van der Waals surface area contributed by atoms with Crippen molar-refractivity contribution in [3.8, 4) is 11.4 Å². The van der Waals surface area contributed by atoms with Crippen LogP contribution < -0.4 is 15.4 Å². The number of aliphatic imine (C=N–C) groups is 1. The number of nitrogens with one attached hydrogen (secondary N) is 2. The number of ether oxygens (including phenoxy) is 1. The SMILES string of the molecule is CCNC(=NCc1ccccc1-n1ccnc1)NCCc1ccc2c(c1)CCO2. The molecule has 0 saturated carbocycles. The molecule has 2 N–H and O–H groups in total. The van der Waals surface area contributed by atoms with Crippen molar-refractivity contribution >= 4 is 5.96 Å². The van der Waals surface area contributed by atoms with Crippen LogP contribution in [0.5, 0.6) is 5.75 Å². The number of fused-ring (bicyclic) bond motifs is 1. The van der Waals surface area contributed by atoms with Crippen LogP contribution in [0.1, 0.15) is 23.6 Å². The van der Waals surface area contributed by atoms with Crippen molar-refractivity contribution in [3.05, 3.63) is 77.9 Å². The monoisotopic (exact) mass is 389 g/mol. The molecule has 0 saturated heterocycles. The quantitative estimate of drug-likeness (QED) is 0.481. The average Bonchev–Trinajstić information content (AvgIpc) is 3.44. The molecule has 6 nitrogen and oxygen atoms in total. The summed E-state index contributed by atoms with van der Waals surface area (Å²) in [5.74, 6) is 1.87. The Morgan fingerprint density at radius 1 is 1.21 bits per heavy atom. The van der Waals surface area contributed by atoms with Gasteiger partial charge in [-0.3, -0.25) is 0 Å². The number of guanidine groups is 1. The number of para-hydroxylation sites is 1. The minimum Gasteiger partial charge on any atom is -0.493 e. The molecule has 6 heteroatoms. The van der Waals surface area contributed by atoms with E-state index in [1.54, 1.807) is 6.20 Å². The van der Waals surface area contributed by atoms with Gasteiger partial charge in [-0.1, -0.05) is 30.3 Å². The van der Waals surface area contributed by atoms with E-state index < -0.39 is 0 Å². The van der Waals surface area contributed by atoms with Gasteiger partial charge in [0.05, 0.1) is 25.2 Å². The van der Waals surface area contributed by atoms with Crippen molar-refractivity contribution in [2.75, 3.05) is 19.7 Å². The highest BCUT2D eigenvalue weighted by Gasteiger charge is 2.11. The molecule has 150 valence electrons. The van der Waals surface area contributed by atoms with Gasteiger partial charge >= 0.3 is 0 Å². The molecular formula is C23H27N5O. The smallest absolute Gasteiger partial charge is 0.191 e. The van der Waals surface area contributed by atoms with Gasteiger partial charge in [0.1, 0.15) is 5.75 Å². The number of imidazole rings is 1. The molecule has 4 rings (SSSR count). The topological polar surface area (TPSA) is 63.5 Å². The van der Waals surface area contributed by atoms with E-state index in [0.717, 1.165) is 55.5 Å². The first-order valence-electron chi connectivity index (χ1n) is 10.2. The maximum atomic E-state index is 5.59. The van der Waals surface area contributed by atoms with Crippen LogP contribution >= 0.6 is 0 Å². The number of nitrogens with zero attached hydrogens (tertiary/aromatic N) is 3. The van der Waals surface area contributed by atoms with E-state index in [0.29, 0.717) is 6.54 Å². The summed E-state index contributed by atoms with van der Waals surface area (Å²) < 4.78 is 7.60. The molecule has 2 aromatic carbocycles. The van der Waals surface area contributed by atoms with E-state index in [1.807, 2.05) is 29.2 Å². The molecule has 1 aliphatic rings. The summed E-state index contributed by atoms with van der Waals surface area (Å²) >= 11 is 0. The molecule has 0 bridgehead atoms. The lowest BCUT2D eigenvalue weighted by Gasteiger charge is -2.13. The Labute approximate surface area is 171 Å². The van der Waals surface area contributed by atoms with E-state index in [1.165, 1.54) is 11.1 Å². The second-order valence-electron chi connectivity index (χ2n) is 7.01. The Balaban J connectivity index is 1.38. The van der Waals surface area contributed by atoms with E-state index in [-0.39, 0.29) is 0 Å². The number of benzene rings is 2. The van der Waals surface area contributed by atoms with Crippen LogP contribution in [0, 0.1) is 0 Å². The van der Waals surface area contributed by atoms with Crippen LogP contribution in [0.3, 0.4) is 0 Å². The molecule has 1 aliphatic heterocycles. The number of aromatic nitrogens is 2. The van der Waals surface area contributed by atoms with Crippen molar-refractivity contribution < 1.29 is 4.74 Å². The van der Waals surface area contributed by atoms with Gasteiger partial charge in [-0.2, -0.15) is 0 Å². The predicted molar refractivity (Wildman–Crippen MR) is 116 cm³/mol. The minimum atomic E-state index is 0.597. The van der Waals surface area contributed by atoms with Gasteiger partial charge in [0.15, 0.2) is 5.96 Å². The summed E-state index contributed by atoms with van der Waals surface area (Å²) in [5.41, 5.74) is 4.90. The Morgan fingerprint density at radius 2 is 2.14 bits per heavy atom. The summed E-state index contributed by atoms with van der Waals surface area (Å²) in [6.45, 7) is 5.13. The zero-order valence-corrected chi connectivity index (χ0v) is 16.8. The summed E-state index contributed by atoms with van der Waals surface area (Å²) in [6, 6.07) is 14.8. The third-order valence-electron chi connectivity index (χ3n) is 4.99. The van der Waals surface area contributed by atoms with E-state index in [4.69, 9.17) is 9.73 Å². The molecule has 0 amide bonds. The van der Waals surface area contributed by atoms with Crippen LogP contribution in [0.15, 0.2) is 66.2 Å². The minimum absolute atomic E-state index is 0.597. The largest absolute Gasteiger partial charge is 0.493 e. The lowest BCUT2D eigenvalue weighted by molar-refractivity contribution is 0.357. The third kappa shape index (κ3) is 4.77. The van der Waals surface area contributed by atoms with Crippen LogP contribution in [0.25, 0.3) is 5.69 Å². The van der Waals surface area contributed by atoms with Crippen molar-refractivity contribution in [2.45, 2.75) is 26.3 Å². The van der Waals surface area contributed by atoms with Crippen LogP contribution in [0.2, 0.25) is 0 Å². The normalized spacial score (nSPS) is 13.1. The summed E-state index contributed by atoms with van der Waals surface area (Å²) in [6.07, 6.45) is 7.51. The average molecular weight is 390 g/mol. The summed E-state index contributed by atoms with van der Waals surface area (Å²) in [7, 11) is 0. The fourth-order valence-corrected chi connectivity index (χ4v) is 3.52. The molecule has 0 aliphatic carbocycles. The zero-order valence-electron chi connectivity index (χ0n) is 16.8. The fraction of sp³-hybridized carbons (Fsp3) is 0.304. The van der Waals surface area contributed by atoms with Gasteiger partial charge in [0, 0.05) is 31.9 Å². The molecule has 0 radical (unpaired) electrons. The van der Waals surface area contributed by atoms with Crippen molar-refractivity contribution in [2.24, 2.45) is 4.99 Å². The Hall–Kier alpha value is -3.28. The maximum Gasteiger partial charge on any atom is 0.191 e. The number of hydrogen-bond donors (Lipinski definition) is 2. The lowest BCUT2D eigenvalue weighted by atomic mass is 10.1. The van der Waals surface area contributed by atoms with E-state index in [2.05, 4.69) is 52.9 Å². The summed E-state index contributed by atoms with van der Waals surface area (Å²) in [5, 5.41) is 6.78. The molecule has 0 fully saturated rings. The molecular weight excluding hydrogens is 362 g/mol. The van der Waals surface area contributed by atoms with Gasteiger partial charge in [-0.15, -0.1) is 0 Å². The summed E-state index contributed by atoms with van der Waals surface area (Å²) in [4.78, 5) is 8.93. The Bertz CT molecular complexity index is 965. The van der Waals surface area contributed by atoms with Crippen LogP contribution in [-0.2, 0) is 19.4 Å². The maximum absolute atomic E-state index is 5.59. The first-order chi connectivity index (χ1) is 14.3. The van der Waals surface area contributed by atoms with Crippen molar-refractivity contribution in [3.63, 3.8) is 0 Å². The molecule has 1 aromatic heterocycles.